The van der Waals surface area contributed by atoms with Gasteiger partial charge in [0.1, 0.15) is 0 Å². The fraction of sp³-hybridized carbons (Fsp3) is 0.438. The number of piperazine rings is 1. The van der Waals surface area contributed by atoms with Crippen molar-refractivity contribution in [2.75, 3.05) is 32.7 Å². The van der Waals surface area contributed by atoms with Crippen molar-refractivity contribution >= 4 is 10.8 Å². The maximum absolute atomic E-state index is 4.28. The van der Waals surface area contributed by atoms with Crippen LogP contribution in [0.15, 0.2) is 30.6 Å². The number of pyridine rings is 1. The Hall–Kier alpha value is -1.45. The molecule has 0 radical (unpaired) electrons. The smallest absolute Gasteiger partial charge is 0.0346 e. The Morgan fingerprint density at radius 1 is 1.21 bits per heavy atom. The molecule has 2 heterocycles. The molecule has 2 aromatic rings. The van der Waals surface area contributed by atoms with Gasteiger partial charge in [0.2, 0.25) is 0 Å². The molecule has 100 valence electrons. The first-order valence-corrected chi connectivity index (χ1v) is 7.09. The molecule has 0 atom stereocenters. The summed E-state index contributed by atoms with van der Waals surface area (Å²) >= 11 is 0. The molecule has 1 N–H and O–H groups in total. The molecule has 19 heavy (non-hydrogen) atoms. The maximum atomic E-state index is 4.28. The van der Waals surface area contributed by atoms with Gasteiger partial charge in [-0.3, -0.25) is 4.98 Å². The largest absolute Gasteiger partial charge is 0.314 e. The molecule has 0 unspecified atom stereocenters. The Labute approximate surface area is 114 Å². The summed E-state index contributed by atoms with van der Waals surface area (Å²) in [6.07, 6.45) is 5.03. The third kappa shape index (κ3) is 2.94. The number of hydrogen-bond donors (Lipinski definition) is 1. The van der Waals surface area contributed by atoms with Gasteiger partial charge in [0.15, 0.2) is 0 Å². The van der Waals surface area contributed by atoms with E-state index in [-0.39, 0.29) is 0 Å². The minimum absolute atomic E-state index is 1.13. The van der Waals surface area contributed by atoms with Crippen molar-refractivity contribution in [2.45, 2.75) is 13.3 Å². The Bertz CT molecular complexity index is 559. The van der Waals surface area contributed by atoms with E-state index in [9.17, 15) is 0 Å². The predicted octanol–water partition coefficient (Wildman–Crippen LogP) is 1.99. The summed E-state index contributed by atoms with van der Waals surface area (Å²) in [6, 6.07) is 6.79. The van der Waals surface area contributed by atoms with Crippen LogP contribution >= 0.6 is 0 Å². The molecule has 0 saturated carbocycles. The summed E-state index contributed by atoms with van der Waals surface area (Å²) < 4.78 is 0. The second-order valence-electron chi connectivity index (χ2n) is 5.35. The average molecular weight is 255 g/mol. The average Bonchev–Trinajstić information content (AvgIpc) is 2.46. The maximum Gasteiger partial charge on any atom is 0.0346 e. The van der Waals surface area contributed by atoms with Crippen molar-refractivity contribution in [1.29, 1.82) is 0 Å². The minimum atomic E-state index is 1.13. The van der Waals surface area contributed by atoms with Gasteiger partial charge in [-0.05, 0) is 35.9 Å². The van der Waals surface area contributed by atoms with Crippen LogP contribution < -0.4 is 5.32 Å². The molecule has 1 aromatic carbocycles. The van der Waals surface area contributed by atoms with Crippen molar-refractivity contribution in [1.82, 2.24) is 15.2 Å². The van der Waals surface area contributed by atoms with Gasteiger partial charge >= 0.3 is 0 Å². The SMILES string of the molecule is Cc1cncc2cc(CCN3CCNCC3)ccc12. The van der Waals surface area contributed by atoms with Crippen molar-refractivity contribution in [2.24, 2.45) is 0 Å². The summed E-state index contributed by atoms with van der Waals surface area (Å²) in [7, 11) is 0. The van der Waals surface area contributed by atoms with Crippen LogP contribution in [-0.2, 0) is 6.42 Å². The van der Waals surface area contributed by atoms with E-state index in [0.717, 1.165) is 26.1 Å². The van der Waals surface area contributed by atoms with Gasteiger partial charge in [0.25, 0.3) is 0 Å². The van der Waals surface area contributed by atoms with Gasteiger partial charge in [0.05, 0.1) is 0 Å². The first-order valence-electron chi connectivity index (χ1n) is 7.09. The van der Waals surface area contributed by atoms with Gasteiger partial charge in [-0.15, -0.1) is 0 Å². The molecule has 1 aliphatic rings. The van der Waals surface area contributed by atoms with Crippen LogP contribution in [0.5, 0.6) is 0 Å². The molecule has 1 fully saturated rings. The van der Waals surface area contributed by atoms with Crippen molar-refractivity contribution in [3.8, 4) is 0 Å². The molecule has 0 aliphatic carbocycles. The van der Waals surface area contributed by atoms with Crippen molar-refractivity contribution < 1.29 is 0 Å². The fourth-order valence-electron chi connectivity index (χ4n) is 2.75. The third-order valence-electron chi connectivity index (χ3n) is 3.95. The molecular weight excluding hydrogens is 234 g/mol. The highest BCUT2D eigenvalue weighted by Gasteiger charge is 2.09. The van der Waals surface area contributed by atoms with Crippen LogP contribution in [0.1, 0.15) is 11.1 Å². The lowest BCUT2D eigenvalue weighted by atomic mass is 10.0. The Kier molecular flexibility index (Phi) is 3.76. The zero-order chi connectivity index (χ0) is 13.1. The Balaban J connectivity index is 1.71. The molecule has 0 amide bonds. The summed E-state index contributed by atoms with van der Waals surface area (Å²) in [5, 5.41) is 5.98. The summed E-state index contributed by atoms with van der Waals surface area (Å²) in [6.45, 7) is 7.88. The lowest BCUT2D eigenvalue weighted by molar-refractivity contribution is 0.244. The molecule has 3 rings (SSSR count). The summed E-state index contributed by atoms with van der Waals surface area (Å²) in [5.74, 6) is 0. The number of hydrogen-bond acceptors (Lipinski definition) is 3. The minimum Gasteiger partial charge on any atom is -0.314 e. The van der Waals surface area contributed by atoms with Gasteiger partial charge < -0.3 is 10.2 Å². The lowest BCUT2D eigenvalue weighted by Gasteiger charge is -2.27. The number of aryl methyl sites for hydroxylation is 1. The van der Waals surface area contributed by atoms with Crippen LogP contribution in [0.2, 0.25) is 0 Å². The number of rotatable bonds is 3. The molecule has 1 aromatic heterocycles. The van der Waals surface area contributed by atoms with Crippen LogP contribution in [0, 0.1) is 6.92 Å². The molecule has 1 saturated heterocycles. The van der Waals surface area contributed by atoms with E-state index < -0.39 is 0 Å². The fourth-order valence-corrected chi connectivity index (χ4v) is 2.75. The van der Waals surface area contributed by atoms with Gasteiger partial charge in [0, 0.05) is 50.5 Å². The molecule has 3 nitrogen and oxygen atoms in total. The van der Waals surface area contributed by atoms with E-state index in [1.807, 2.05) is 12.4 Å². The monoisotopic (exact) mass is 255 g/mol. The highest BCUT2D eigenvalue weighted by molar-refractivity contribution is 5.85. The van der Waals surface area contributed by atoms with Crippen molar-refractivity contribution in [3.05, 3.63) is 41.7 Å². The van der Waals surface area contributed by atoms with E-state index >= 15 is 0 Å². The Morgan fingerprint density at radius 2 is 2.05 bits per heavy atom. The normalized spacial score (nSPS) is 16.9. The van der Waals surface area contributed by atoms with Gasteiger partial charge in [-0.2, -0.15) is 0 Å². The van der Waals surface area contributed by atoms with Crippen molar-refractivity contribution in [3.63, 3.8) is 0 Å². The molecule has 1 aliphatic heterocycles. The third-order valence-corrected chi connectivity index (χ3v) is 3.95. The van der Waals surface area contributed by atoms with Crippen LogP contribution in [0.3, 0.4) is 0 Å². The molecule has 3 heteroatoms. The number of nitrogens with one attached hydrogen (secondary N) is 1. The van der Waals surface area contributed by atoms with E-state index in [1.165, 1.54) is 35.0 Å². The van der Waals surface area contributed by atoms with Gasteiger partial charge in [-0.1, -0.05) is 12.1 Å². The number of nitrogens with zero attached hydrogens (tertiary/aromatic N) is 2. The highest BCUT2D eigenvalue weighted by Crippen LogP contribution is 2.18. The standard InChI is InChI=1S/C16H21N3/c1-13-11-18-12-15-10-14(2-3-16(13)15)4-7-19-8-5-17-6-9-19/h2-3,10-12,17H,4-9H2,1H3. The van der Waals surface area contributed by atoms with Gasteiger partial charge in [-0.25, -0.2) is 0 Å². The highest BCUT2D eigenvalue weighted by atomic mass is 15.2. The van der Waals surface area contributed by atoms with E-state index in [2.05, 4.69) is 40.3 Å². The second kappa shape index (κ2) is 5.68. The van der Waals surface area contributed by atoms with E-state index in [0.29, 0.717) is 0 Å². The zero-order valence-corrected chi connectivity index (χ0v) is 11.5. The van der Waals surface area contributed by atoms with E-state index in [1.54, 1.807) is 0 Å². The topological polar surface area (TPSA) is 28.2 Å². The second-order valence-corrected chi connectivity index (χ2v) is 5.35. The quantitative estimate of drug-likeness (QED) is 0.909. The van der Waals surface area contributed by atoms with Crippen LogP contribution in [0.4, 0.5) is 0 Å². The van der Waals surface area contributed by atoms with Crippen LogP contribution in [-0.4, -0.2) is 42.6 Å². The summed E-state index contributed by atoms with van der Waals surface area (Å²) in [5.41, 5.74) is 2.67. The predicted molar refractivity (Wildman–Crippen MR) is 79.5 cm³/mol. The number of benzene rings is 1. The molecule has 0 bridgehead atoms. The van der Waals surface area contributed by atoms with E-state index in [4.69, 9.17) is 0 Å². The first kappa shape index (κ1) is 12.6. The summed E-state index contributed by atoms with van der Waals surface area (Å²) in [4.78, 5) is 6.82. The number of aromatic nitrogens is 1. The first-order chi connectivity index (χ1) is 9.33. The van der Waals surface area contributed by atoms with Crippen LogP contribution in [0.25, 0.3) is 10.8 Å². The zero-order valence-electron chi connectivity index (χ0n) is 11.5. The number of fused-ring (bicyclic) bond motifs is 1. The molecular formula is C16H21N3. The Morgan fingerprint density at radius 3 is 2.89 bits per heavy atom. The lowest BCUT2D eigenvalue weighted by Crippen LogP contribution is -2.44. The molecule has 0 spiro atoms.